The van der Waals surface area contributed by atoms with Crippen molar-refractivity contribution in [3.63, 3.8) is 0 Å². The third-order valence-corrected chi connectivity index (χ3v) is 1.99. The maximum Gasteiger partial charge on any atom is 0.319 e. The minimum atomic E-state index is -0.265. The average Bonchev–Trinajstić information content (AvgIpc) is 2.26. The fraction of sp³-hybridized carbons (Fsp3) is 0.250. The molecule has 0 heterocycles. The van der Waals surface area contributed by atoms with E-state index in [4.69, 9.17) is 5.11 Å². The van der Waals surface area contributed by atoms with Crippen molar-refractivity contribution in [2.75, 3.05) is 0 Å². The van der Waals surface area contributed by atoms with E-state index in [0.29, 0.717) is 12.2 Å². The smallest absolute Gasteiger partial charge is 0.319 e. The Hall–Kier alpha value is -1.81. The Morgan fingerprint density at radius 1 is 1.31 bits per heavy atom. The van der Waals surface area contributed by atoms with E-state index >= 15 is 0 Å². The van der Waals surface area contributed by atoms with Crippen molar-refractivity contribution in [2.24, 2.45) is 0 Å². The summed E-state index contributed by atoms with van der Waals surface area (Å²) in [5, 5.41) is 14.1. The average molecular weight is 220 g/mol. The number of amides is 2. The Balaban J connectivity index is 2.42. The van der Waals surface area contributed by atoms with E-state index in [9.17, 15) is 4.79 Å². The molecule has 0 saturated heterocycles. The summed E-state index contributed by atoms with van der Waals surface area (Å²) in [6.07, 6.45) is 0. The molecule has 2 amide bonds. The maximum absolute atomic E-state index is 11.2. The van der Waals surface area contributed by atoms with Crippen LogP contribution < -0.4 is 10.6 Å². The van der Waals surface area contributed by atoms with Crippen LogP contribution in [-0.4, -0.2) is 11.1 Å². The van der Waals surface area contributed by atoms with Crippen LogP contribution in [0.4, 0.5) is 4.79 Å². The summed E-state index contributed by atoms with van der Waals surface area (Å²) in [5.41, 5.74) is 2.44. The zero-order valence-electron chi connectivity index (χ0n) is 9.29. The number of allylic oxidation sites excluding steroid dienone is 1. The molecule has 1 aromatic rings. The third-order valence-electron chi connectivity index (χ3n) is 1.99. The molecule has 0 aliphatic rings. The molecule has 4 nitrogen and oxygen atoms in total. The van der Waals surface area contributed by atoms with Crippen LogP contribution >= 0.6 is 0 Å². The number of benzene rings is 1. The molecule has 1 aromatic carbocycles. The number of nitrogens with one attached hydrogen (secondary N) is 2. The van der Waals surface area contributed by atoms with E-state index < -0.39 is 0 Å². The maximum atomic E-state index is 11.2. The summed E-state index contributed by atoms with van der Waals surface area (Å²) in [7, 11) is 0. The summed E-state index contributed by atoms with van der Waals surface area (Å²) < 4.78 is 0. The van der Waals surface area contributed by atoms with E-state index in [0.717, 1.165) is 11.1 Å². The second kappa shape index (κ2) is 5.92. The lowest BCUT2D eigenvalue weighted by atomic mass is 10.1. The first-order valence-electron chi connectivity index (χ1n) is 5.01. The number of aliphatic hydroxyl groups is 1. The number of hydrogen-bond acceptors (Lipinski definition) is 2. The Morgan fingerprint density at radius 2 is 1.88 bits per heavy atom. The van der Waals surface area contributed by atoms with Gasteiger partial charge in [-0.05, 0) is 18.1 Å². The van der Waals surface area contributed by atoms with Gasteiger partial charge in [0.2, 0.25) is 0 Å². The van der Waals surface area contributed by atoms with Gasteiger partial charge in [0.05, 0.1) is 6.61 Å². The highest BCUT2D eigenvalue weighted by atomic mass is 16.3. The van der Waals surface area contributed by atoms with Crippen molar-refractivity contribution >= 4 is 6.03 Å². The van der Waals surface area contributed by atoms with Gasteiger partial charge in [-0.3, -0.25) is 0 Å². The zero-order chi connectivity index (χ0) is 12.0. The predicted octanol–water partition coefficient (Wildman–Crippen LogP) is 1.51. The van der Waals surface area contributed by atoms with Gasteiger partial charge in [0.15, 0.2) is 0 Å². The van der Waals surface area contributed by atoms with Crippen LogP contribution in [0.25, 0.3) is 0 Å². The van der Waals surface area contributed by atoms with Gasteiger partial charge in [0.1, 0.15) is 0 Å². The van der Waals surface area contributed by atoms with E-state index in [-0.39, 0.29) is 12.6 Å². The Morgan fingerprint density at radius 3 is 2.38 bits per heavy atom. The molecule has 0 unspecified atom stereocenters. The van der Waals surface area contributed by atoms with Crippen LogP contribution in [-0.2, 0) is 13.2 Å². The predicted molar refractivity (Wildman–Crippen MR) is 62.6 cm³/mol. The first kappa shape index (κ1) is 12.3. The summed E-state index contributed by atoms with van der Waals surface area (Å²) >= 11 is 0. The fourth-order valence-electron chi connectivity index (χ4n) is 1.18. The SMILES string of the molecule is C=C(C)NC(=O)NCc1ccc(CO)cc1. The van der Waals surface area contributed by atoms with E-state index in [1.807, 2.05) is 24.3 Å². The lowest BCUT2D eigenvalue weighted by molar-refractivity contribution is 0.243. The molecule has 0 aliphatic heterocycles. The molecule has 16 heavy (non-hydrogen) atoms. The van der Waals surface area contributed by atoms with E-state index in [1.54, 1.807) is 6.92 Å². The summed E-state index contributed by atoms with van der Waals surface area (Å²) in [6, 6.07) is 7.12. The van der Waals surface area contributed by atoms with Crippen LogP contribution in [0.15, 0.2) is 36.5 Å². The second-order valence-corrected chi connectivity index (χ2v) is 3.56. The molecule has 86 valence electrons. The van der Waals surface area contributed by atoms with Crippen molar-refractivity contribution in [1.29, 1.82) is 0 Å². The van der Waals surface area contributed by atoms with Gasteiger partial charge in [0.25, 0.3) is 0 Å². The minimum absolute atomic E-state index is 0.0316. The topological polar surface area (TPSA) is 61.4 Å². The van der Waals surface area contributed by atoms with E-state index in [1.165, 1.54) is 0 Å². The lowest BCUT2D eigenvalue weighted by Crippen LogP contribution is -2.33. The van der Waals surface area contributed by atoms with Crippen LogP contribution in [0.3, 0.4) is 0 Å². The highest BCUT2D eigenvalue weighted by Crippen LogP contribution is 2.03. The van der Waals surface area contributed by atoms with Crippen molar-refractivity contribution in [1.82, 2.24) is 10.6 Å². The van der Waals surface area contributed by atoms with Crippen molar-refractivity contribution in [2.45, 2.75) is 20.1 Å². The summed E-state index contributed by atoms with van der Waals surface area (Å²) in [5.74, 6) is 0. The minimum Gasteiger partial charge on any atom is -0.392 e. The number of rotatable bonds is 4. The van der Waals surface area contributed by atoms with Crippen LogP contribution in [0.5, 0.6) is 0 Å². The first-order valence-corrected chi connectivity index (χ1v) is 5.01. The third kappa shape index (κ3) is 4.14. The van der Waals surface area contributed by atoms with Crippen LogP contribution in [0.2, 0.25) is 0 Å². The zero-order valence-corrected chi connectivity index (χ0v) is 9.29. The molecule has 0 fully saturated rings. The molecule has 0 spiro atoms. The van der Waals surface area contributed by atoms with Gasteiger partial charge in [-0.2, -0.15) is 0 Å². The number of carbonyl (C=O) groups is 1. The monoisotopic (exact) mass is 220 g/mol. The molecule has 0 saturated carbocycles. The van der Waals surface area contributed by atoms with Gasteiger partial charge < -0.3 is 15.7 Å². The number of carbonyl (C=O) groups excluding carboxylic acids is 1. The molecule has 0 aliphatic carbocycles. The Bertz CT molecular complexity index is 371. The largest absolute Gasteiger partial charge is 0.392 e. The Kier molecular flexibility index (Phi) is 4.54. The van der Waals surface area contributed by atoms with Gasteiger partial charge in [-0.15, -0.1) is 0 Å². The lowest BCUT2D eigenvalue weighted by Gasteiger charge is -2.07. The molecular formula is C12H16N2O2. The van der Waals surface area contributed by atoms with Gasteiger partial charge in [-0.1, -0.05) is 30.8 Å². The number of aliphatic hydroxyl groups excluding tert-OH is 1. The van der Waals surface area contributed by atoms with Gasteiger partial charge >= 0.3 is 6.03 Å². The highest BCUT2D eigenvalue weighted by molar-refractivity contribution is 5.75. The standard InChI is InChI=1S/C12H16N2O2/c1-9(2)14-12(16)13-7-10-3-5-11(8-15)6-4-10/h3-6,15H,1,7-8H2,2H3,(H2,13,14,16). The normalized spacial score (nSPS) is 9.62. The van der Waals surface area contributed by atoms with Gasteiger partial charge in [-0.25, -0.2) is 4.79 Å². The van der Waals surface area contributed by atoms with Crippen molar-refractivity contribution in [3.05, 3.63) is 47.7 Å². The molecule has 0 atom stereocenters. The second-order valence-electron chi connectivity index (χ2n) is 3.56. The quantitative estimate of drug-likeness (QED) is 0.720. The molecule has 3 N–H and O–H groups in total. The molecular weight excluding hydrogens is 204 g/mol. The van der Waals surface area contributed by atoms with Crippen LogP contribution in [0.1, 0.15) is 18.1 Å². The van der Waals surface area contributed by atoms with E-state index in [2.05, 4.69) is 17.2 Å². The molecule has 1 rings (SSSR count). The van der Waals surface area contributed by atoms with Crippen molar-refractivity contribution < 1.29 is 9.90 Å². The molecule has 0 bridgehead atoms. The molecule has 0 aromatic heterocycles. The first-order chi connectivity index (χ1) is 7.61. The number of hydrogen-bond donors (Lipinski definition) is 3. The van der Waals surface area contributed by atoms with Gasteiger partial charge in [0, 0.05) is 12.2 Å². The molecule has 4 heteroatoms. The summed E-state index contributed by atoms with van der Waals surface area (Å²) in [4.78, 5) is 11.2. The Labute approximate surface area is 95.0 Å². The summed E-state index contributed by atoms with van der Waals surface area (Å²) in [6.45, 7) is 5.77. The fourth-order valence-corrected chi connectivity index (χ4v) is 1.18. The highest BCUT2D eigenvalue weighted by Gasteiger charge is 1.99. The van der Waals surface area contributed by atoms with Crippen molar-refractivity contribution in [3.8, 4) is 0 Å². The molecule has 0 radical (unpaired) electrons. The van der Waals surface area contributed by atoms with Crippen LogP contribution in [0, 0.1) is 0 Å². The number of urea groups is 1.